The number of hydrogen-bond acceptors (Lipinski definition) is 4. The van der Waals surface area contributed by atoms with Crippen LogP contribution in [0.25, 0.3) is 0 Å². The first-order valence-electron chi connectivity index (χ1n) is 7.72. The summed E-state index contributed by atoms with van der Waals surface area (Å²) < 4.78 is 5.91. The molecule has 1 aromatic carbocycles. The average Bonchev–Trinajstić information content (AvgIpc) is 2.78. The Morgan fingerprint density at radius 1 is 1.40 bits per heavy atom. The minimum atomic E-state index is -1.00. The number of hydrogen-bond donors (Lipinski definition) is 2. The number of carbonyl (C=O) groups is 2. The average molecular weight is 407 g/mol. The zero-order chi connectivity index (χ0) is 18.4. The summed E-state index contributed by atoms with van der Waals surface area (Å²) in [6, 6.07) is 5.22. The van der Waals surface area contributed by atoms with E-state index in [1.165, 1.54) is 16.7 Å². The van der Waals surface area contributed by atoms with Crippen molar-refractivity contribution in [2.45, 2.75) is 6.10 Å². The molecule has 2 atom stereocenters. The summed E-state index contributed by atoms with van der Waals surface area (Å²) in [5.74, 6) is 0.0290. The van der Waals surface area contributed by atoms with Crippen LogP contribution >= 0.6 is 35.0 Å². The van der Waals surface area contributed by atoms with Gasteiger partial charge in [-0.2, -0.15) is 11.8 Å². The molecule has 2 N–H and O–H groups in total. The largest absolute Gasteiger partial charge is 0.465 e. The van der Waals surface area contributed by atoms with E-state index in [9.17, 15) is 14.7 Å². The number of carbonyl (C=O) groups excluding carboxylic acids is 1. The van der Waals surface area contributed by atoms with Gasteiger partial charge in [-0.25, -0.2) is 4.79 Å². The van der Waals surface area contributed by atoms with Crippen molar-refractivity contribution in [2.75, 3.05) is 38.2 Å². The second-order valence-corrected chi connectivity index (χ2v) is 7.37. The van der Waals surface area contributed by atoms with E-state index in [-0.39, 0.29) is 37.6 Å². The van der Waals surface area contributed by atoms with Crippen molar-refractivity contribution in [3.8, 4) is 0 Å². The summed E-state index contributed by atoms with van der Waals surface area (Å²) in [7, 11) is 0. The third-order valence-corrected chi connectivity index (χ3v) is 5.21. The summed E-state index contributed by atoms with van der Waals surface area (Å²) >= 11 is 13.5. The van der Waals surface area contributed by atoms with Gasteiger partial charge in [-0.3, -0.25) is 4.79 Å². The van der Waals surface area contributed by atoms with Crippen LogP contribution in [0.4, 0.5) is 4.79 Å². The maximum absolute atomic E-state index is 11.8. The van der Waals surface area contributed by atoms with Crippen LogP contribution in [-0.2, 0) is 9.53 Å². The second kappa shape index (κ2) is 9.52. The molecule has 0 radical (unpaired) electrons. The van der Waals surface area contributed by atoms with Gasteiger partial charge in [-0.05, 0) is 24.0 Å². The number of halogens is 2. The van der Waals surface area contributed by atoms with E-state index in [1.807, 2.05) is 12.3 Å². The van der Waals surface area contributed by atoms with Crippen molar-refractivity contribution in [3.05, 3.63) is 33.8 Å². The molecule has 0 saturated carbocycles. The lowest BCUT2D eigenvalue weighted by Gasteiger charge is -2.27. The third kappa shape index (κ3) is 5.67. The Balaban J connectivity index is 2.21. The molecule has 1 aliphatic heterocycles. The zero-order valence-corrected chi connectivity index (χ0v) is 16.0. The Morgan fingerprint density at radius 3 is 2.80 bits per heavy atom. The van der Waals surface area contributed by atoms with Gasteiger partial charge in [-0.15, -0.1) is 0 Å². The molecule has 1 saturated heterocycles. The highest BCUT2D eigenvalue weighted by Gasteiger charge is 2.31. The Hall–Kier alpha value is -1.15. The summed E-state index contributed by atoms with van der Waals surface area (Å²) in [5, 5.41) is 13.0. The molecule has 1 heterocycles. The van der Waals surface area contributed by atoms with Gasteiger partial charge < -0.3 is 20.1 Å². The number of amides is 2. The predicted octanol–water partition coefficient (Wildman–Crippen LogP) is 3.14. The predicted molar refractivity (Wildman–Crippen MR) is 99.6 cm³/mol. The van der Waals surface area contributed by atoms with Crippen molar-refractivity contribution in [1.82, 2.24) is 10.2 Å². The Bertz CT molecular complexity index is 632. The molecule has 25 heavy (non-hydrogen) atoms. The van der Waals surface area contributed by atoms with E-state index in [0.717, 1.165) is 5.56 Å². The van der Waals surface area contributed by atoms with Gasteiger partial charge in [-0.1, -0.05) is 29.3 Å². The van der Waals surface area contributed by atoms with Crippen LogP contribution in [0.15, 0.2) is 18.2 Å². The molecule has 1 aromatic rings. The molecular formula is C16H20Cl2N2O4S. The Morgan fingerprint density at radius 2 is 2.16 bits per heavy atom. The lowest BCUT2D eigenvalue weighted by atomic mass is 9.95. The molecule has 1 fully saturated rings. The smallest absolute Gasteiger partial charge is 0.407 e. The molecule has 1 aliphatic rings. The molecular weight excluding hydrogens is 387 g/mol. The SMILES string of the molecule is CSCC(=O)NC[C@H]1CN(C(=O)O)CCO[C@@H]1c1ccc(Cl)c(Cl)c1. The molecule has 138 valence electrons. The number of benzene rings is 1. The van der Waals surface area contributed by atoms with E-state index in [4.69, 9.17) is 27.9 Å². The van der Waals surface area contributed by atoms with E-state index in [1.54, 1.807) is 12.1 Å². The van der Waals surface area contributed by atoms with E-state index < -0.39 is 6.09 Å². The van der Waals surface area contributed by atoms with Crippen LogP contribution in [0.5, 0.6) is 0 Å². The molecule has 0 unspecified atom stereocenters. The van der Waals surface area contributed by atoms with Gasteiger partial charge in [0.15, 0.2) is 0 Å². The van der Waals surface area contributed by atoms with Crippen LogP contribution in [0.2, 0.25) is 10.0 Å². The van der Waals surface area contributed by atoms with E-state index >= 15 is 0 Å². The normalized spacial score (nSPS) is 20.8. The van der Waals surface area contributed by atoms with Crippen molar-refractivity contribution in [3.63, 3.8) is 0 Å². The number of ether oxygens (including phenoxy) is 1. The van der Waals surface area contributed by atoms with Crippen molar-refractivity contribution >= 4 is 47.0 Å². The van der Waals surface area contributed by atoms with Crippen molar-refractivity contribution in [1.29, 1.82) is 0 Å². The number of rotatable bonds is 5. The second-order valence-electron chi connectivity index (χ2n) is 5.69. The third-order valence-electron chi connectivity index (χ3n) is 3.92. The summed E-state index contributed by atoms with van der Waals surface area (Å²) in [6.07, 6.45) is 0.464. The fourth-order valence-electron chi connectivity index (χ4n) is 2.73. The molecule has 2 rings (SSSR count). The highest BCUT2D eigenvalue weighted by molar-refractivity contribution is 7.99. The van der Waals surface area contributed by atoms with E-state index in [2.05, 4.69) is 5.32 Å². The molecule has 0 spiro atoms. The fraction of sp³-hybridized carbons (Fsp3) is 0.500. The van der Waals surface area contributed by atoms with Gasteiger partial charge in [0, 0.05) is 25.6 Å². The first-order valence-corrected chi connectivity index (χ1v) is 9.87. The fourth-order valence-corrected chi connectivity index (χ4v) is 3.40. The minimum absolute atomic E-state index is 0.0912. The van der Waals surface area contributed by atoms with Crippen LogP contribution in [0, 0.1) is 5.92 Å². The maximum atomic E-state index is 11.8. The lowest BCUT2D eigenvalue weighted by Crippen LogP contribution is -2.40. The van der Waals surface area contributed by atoms with Crippen LogP contribution in [-0.4, -0.2) is 60.3 Å². The highest BCUT2D eigenvalue weighted by atomic mass is 35.5. The lowest BCUT2D eigenvalue weighted by molar-refractivity contribution is -0.119. The van der Waals surface area contributed by atoms with Crippen LogP contribution in [0.3, 0.4) is 0 Å². The summed E-state index contributed by atoms with van der Waals surface area (Å²) in [5.41, 5.74) is 0.811. The Labute approximate surface area is 160 Å². The standard InChI is InChI=1S/C16H20Cl2N2O4S/c1-25-9-14(21)19-7-11-8-20(16(22)23)4-5-24-15(11)10-2-3-12(17)13(18)6-10/h2-3,6,11,15H,4-5,7-9H2,1H3,(H,19,21)(H,22,23)/t11-,15+/m0/s1. The van der Waals surface area contributed by atoms with Gasteiger partial charge in [0.05, 0.1) is 28.5 Å². The zero-order valence-electron chi connectivity index (χ0n) is 13.7. The van der Waals surface area contributed by atoms with Gasteiger partial charge in [0.25, 0.3) is 0 Å². The van der Waals surface area contributed by atoms with Crippen molar-refractivity contribution in [2.24, 2.45) is 5.92 Å². The molecule has 0 bridgehead atoms. The number of thioether (sulfide) groups is 1. The van der Waals surface area contributed by atoms with Gasteiger partial charge >= 0.3 is 6.09 Å². The number of carboxylic acid groups (broad SMARTS) is 1. The highest BCUT2D eigenvalue weighted by Crippen LogP contribution is 2.33. The topological polar surface area (TPSA) is 78.9 Å². The molecule has 0 aromatic heterocycles. The quantitative estimate of drug-likeness (QED) is 0.784. The molecule has 2 amide bonds. The van der Waals surface area contributed by atoms with Crippen molar-refractivity contribution < 1.29 is 19.4 Å². The van der Waals surface area contributed by atoms with Crippen LogP contribution in [0.1, 0.15) is 11.7 Å². The number of nitrogens with one attached hydrogen (secondary N) is 1. The van der Waals surface area contributed by atoms with Crippen LogP contribution < -0.4 is 5.32 Å². The van der Waals surface area contributed by atoms with Gasteiger partial charge in [0.2, 0.25) is 5.91 Å². The first-order chi connectivity index (χ1) is 11.9. The number of nitrogens with zero attached hydrogens (tertiary/aromatic N) is 1. The van der Waals surface area contributed by atoms with Gasteiger partial charge in [0.1, 0.15) is 0 Å². The monoisotopic (exact) mass is 406 g/mol. The maximum Gasteiger partial charge on any atom is 0.407 e. The first kappa shape index (κ1) is 20.2. The van der Waals surface area contributed by atoms with E-state index in [0.29, 0.717) is 22.3 Å². The summed E-state index contributed by atoms with van der Waals surface area (Å²) in [4.78, 5) is 24.5. The molecule has 9 heteroatoms. The Kier molecular flexibility index (Phi) is 7.68. The summed E-state index contributed by atoms with van der Waals surface area (Å²) in [6.45, 7) is 1.13. The molecule has 6 nitrogen and oxygen atoms in total. The minimum Gasteiger partial charge on any atom is -0.465 e. The molecule has 0 aliphatic carbocycles.